The summed E-state index contributed by atoms with van der Waals surface area (Å²) in [5.41, 5.74) is 0.827. The second-order valence-corrected chi connectivity index (χ2v) is 8.05. The fourth-order valence-corrected chi connectivity index (χ4v) is 4.25. The zero-order valence-corrected chi connectivity index (χ0v) is 15.9. The number of aliphatic carboxylic acids is 1. The van der Waals surface area contributed by atoms with Crippen molar-refractivity contribution in [2.24, 2.45) is 5.41 Å². The van der Waals surface area contributed by atoms with Gasteiger partial charge in [-0.05, 0) is 25.0 Å². The molecule has 0 atom stereocenters. The van der Waals surface area contributed by atoms with E-state index in [2.05, 4.69) is 10.3 Å². The van der Waals surface area contributed by atoms with E-state index in [1.54, 1.807) is 12.1 Å². The van der Waals surface area contributed by atoms with E-state index >= 15 is 0 Å². The minimum absolute atomic E-state index is 0.153. The smallest absolute Gasteiger partial charge is 0.311 e. The minimum Gasteiger partial charge on any atom is -0.481 e. The first-order valence-corrected chi connectivity index (χ1v) is 9.95. The normalized spacial score (nSPS) is 16.2. The van der Waals surface area contributed by atoms with Crippen molar-refractivity contribution in [3.63, 3.8) is 0 Å². The van der Waals surface area contributed by atoms with E-state index in [0.717, 1.165) is 29.8 Å². The lowest BCUT2D eigenvalue weighted by molar-refractivity contribution is -0.151. The number of carboxylic acids is 1. The second-order valence-electron chi connectivity index (χ2n) is 6.75. The molecule has 1 aromatic carbocycles. The van der Waals surface area contributed by atoms with E-state index in [1.807, 2.05) is 17.5 Å². The van der Waals surface area contributed by atoms with Crippen LogP contribution in [0.3, 0.4) is 0 Å². The van der Waals surface area contributed by atoms with Crippen molar-refractivity contribution in [3.05, 3.63) is 40.4 Å². The van der Waals surface area contributed by atoms with E-state index in [4.69, 9.17) is 11.6 Å². The first-order chi connectivity index (χ1) is 12.5. The molecule has 1 heterocycles. The predicted molar refractivity (Wildman–Crippen MR) is 102 cm³/mol. The van der Waals surface area contributed by atoms with Crippen molar-refractivity contribution in [2.75, 3.05) is 6.54 Å². The Morgan fingerprint density at radius 2 is 1.88 bits per heavy atom. The first-order valence-electron chi connectivity index (χ1n) is 8.69. The van der Waals surface area contributed by atoms with Gasteiger partial charge >= 0.3 is 5.97 Å². The molecule has 1 aliphatic rings. The van der Waals surface area contributed by atoms with Crippen LogP contribution >= 0.6 is 22.9 Å². The maximum Gasteiger partial charge on any atom is 0.311 e. The van der Waals surface area contributed by atoms with Gasteiger partial charge in [0, 0.05) is 22.5 Å². The molecule has 0 spiro atoms. The molecule has 2 N–H and O–H groups in total. The van der Waals surface area contributed by atoms with Gasteiger partial charge in [0.05, 0.1) is 17.5 Å². The fourth-order valence-electron chi connectivity index (χ4n) is 3.30. The number of benzene rings is 1. The number of hydrogen-bond acceptors (Lipinski definition) is 4. The van der Waals surface area contributed by atoms with Crippen molar-refractivity contribution in [1.29, 1.82) is 0 Å². The molecule has 0 radical (unpaired) electrons. The molecule has 1 amide bonds. The Balaban J connectivity index is 1.58. The molecule has 0 aliphatic heterocycles. The molecule has 2 aromatic rings. The van der Waals surface area contributed by atoms with Gasteiger partial charge in [-0.2, -0.15) is 0 Å². The van der Waals surface area contributed by atoms with Gasteiger partial charge in [0.2, 0.25) is 5.91 Å². The quantitative estimate of drug-likeness (QED) is 0.773. The summed E-state index contributed by atoms with van der Waals surface area (Å²) in [6.07, 6.45) is 4.27. The average molecular weight is 393 g/mol. The largest absolute Gasteiger partial charge is 0.481 e. The highest BCUT2D eigenvalue weighted by atomic mass is 35.5. The van der Waals surface area contributed by atoms with E-state index in [1.165, 1.54) is 11.3 Å². The highest BCUT2D eigenvalue weighted by Crippen LogP contribution is 2.36. The Morgan fingerprint density at radius 1 is 1.19 bits per heavy atom. The molecular formula is C19H21ClN2O3S. The third-order valence-electron chi connectivity index (χ3n) is 4.87. The van der Waals surface area contributed by atoms with Crippen molar-refractivity contribution in [1.82, 2.24) is 10.3 Å². The first kappa shape index (κ1) is 18.9. The summed E-state index contributed by atoms with van der Waals surface area (Å²) in [7, 11) is 0. The number of thiazole rings is 1. The lowest BCUT2D eigenvalue weighted by Gasteiger charge is -2.33. The van der Waals surface area contributed by atoms with Crippen molar-refractivity contribution >= 4 is 34.8 Å². The Hall–Kier alpha value is -1.92. The van der Waals surface area contributed by atoms with Crippen molar-refractivity contribution in [3.8, 4) is 10.6 Å². The minimum atomic E-state index is -0.815. The van der Waals surface area contributed by atoms with Crippen molar-refractivity contribution < 1.29 is 14.7 Å². The topological polar surface area (TPSA) is 79.3 Å². The molecule has 0 unspecified atom stereocenters. The third-order valence-corrected chi connectivity index (χ3v) is 6.07. The molecule has 1 saturated carbocycles. The number of hydrogen-bond donors (Lipinski definition) is 2. The molecule has 3 rings (SSSR count). The van der Waals surface area contributed by atoms with Crippen LogP contribution in [-0.4, -0.2) is 28.5 Å². The van der Waals surface area contributed by atoms with Gasteiger partial charge in [-0.25, -0.2) is 4.98 Å². The number of nitrogens with one attached hydrogen (secondary N) is 1. The summed E-state index contributed by atoms with van der Waals surface area (Å²) >= 11 is 7.37. The number of halogens is 1. The highest BCUT2D eigenvalue weighted by Gasteiger charge is 2.39. The Kier molecular flexibility index (Phi) is 5.94. The standard InChI is InChI=1S/C19H21ClN2O3S/c20-14-6-4-13(5-7-14)17-22-15(11-26-17)10-16(23)21-12-19(18(24)25)8-2-1-3-9-19/h4-7,11H,1-3,8-10,12H2,(H,21,23)(H,24,25). The molecule has 0 bridgehead atoms. The van der Waals surface area contributed by atoms with E-state index in [0.29, 0.717) is 23.6 Å². The van der Waals surface area contributed by atoms with Gasteiger partial charge in [-0.15, -0.1) is 11.3 Å². The maximum absolute atomic E-state index is 12.3. The van der Waals surface area contributed by atoms with Crippen LogP contribution in [0, 0.1) is 5.41 Å². The molecule has 26 heavy (non-hydrogen) atoms. The number of carbonyl (C=O) groups excluding carboxylic acids is 1. The van der Waals surface area contributed by atoms with Gasteiger partial charge in [-0.1, -0.05) is 43.0 Å². The molecule has 1 aromatic heterocycles. The Labute approximate surface area is 161 Å². The highest BCUT2D eigenvalue weighted by molar-refractivity contribution is 7.13. The van der Waals surface area contributed by atoms with Crippen LogP contribution in [0.2, 0.25) is 5.02 Å². The van der Waals surface area contributed by atoms with Crippen LogP contribution in [0.25, 0.3) is 10.6 Å². The molecule has 5 nitrogen and oxygen atoms in total. The van der Waals surface area contributed by atoms with Crippen LogP contribution < -0.4 is 5.32 Å². The third kappa shape index (κ3) is 4.43. The monoisotopic (exact) mass is 392 g/mol. The molecule has 7 heteroatoms. The van der Waals surface area contributed by atoms with Crippen LogP contribution in [0.1, 0.15) is 37.8 Å². The summed E-state index contributed by atoms with van der Waals surface area (Å²) in [6, 6.07) is 7.40. The van der Waals surface area contributed by atoms with Gasteiger partial charge < -0.3 is 10.4 Å². The van der Waals surface area contributed by atoms with E-state index in [9.17, 15) is 14.7 Å². The zero-order valence-electron chi connectivity index (χ0n) is 14.3. The number of carboxylic acid groups (broad SMARTS) is 1. The maximum atomic E-state index is 12.3. The lowest BCUT2D eigenvalue weighted by atomic mass is 9.74. The molecule has 0 saturated heterocycles. The van der Waals surface area contributed by atoms with Gasteiger partial charge in [0.25, 0.3) is 0 Å². The fraction of sp³-hybridized carbons (Fsp3) is 0.421. The number of rotatable bonds is 6. The van der Waals surface area contributed by atoms with Crippen LogP contribution in [0.5, 0.6) is 0 Å². The molecule has 1 fully saturated rings. The van der Waals surface area contributed by atoms with Crippen LogP contribution in [0.15, 0.2) is 29.6 Å². The number of carbonyl (C=O) groups is 2. The zero-order chi connectivity index (χ0) is 18.6. The summed E-state index contributed by atoms with van der Waals surface area (Å²) in [5, 5.41) is 15.7. The molecular weight excluding hydrogens is 372 g/mol. The number of aromatic nitrogens is 1. The predicted octanol–water partition coefficient (Wildman–Crippen LogP) is 4.16. The van der Waals surface area contributed by atoms with E-state index in [-0.39, 0.29) is 18.9 Å². The lowest BCUT2D eigenvalue weighted by Crippen LogP contribution is -2.44. The number of nitrogens with zero attached hydrogens (tertiary/aromatic N) is 1. The van der Waals surface area contributed by atoms with Crippen LogP contribution in [-0.2, 0) is 16.0 Å². The van der Waals surface area contributed by atoms with Gasteiger partial charge in [0.1, 0.15) is 5.01 Å². The average Bonchev–Trinajstić information content (AvgIpc) is 3.09. The summed E-state index contributed by atoms with van der Waals surface area (Å²) in [4.78, 5) is 28.4. The molecule has 1 aliphatic carbocycles. The SMILES string of the molecule is O=C(Cc1csc(-c2ccc(Cl)cc2)n1)NCC1(C(=O)O)CCCCC1. The van der Waals surface area contributed by atoms with Crippen LogP contribution in [0.4, 0.5) is 0 Å². The summed E-state index contributed by atoms with van der Waals surface area (Å²) < 4.78 is 0. The molecule has 138 valence electrons. The Morgan fingerprint density at radius 3 is 2.54 bits per heavy atom. The second kappa shape index (κ2) is 8.18. The summed E-state index contributed by atoms with van der Waals surface area (Å²) in [6.45, 7) is 0.190. The van der Waals surface area contributed by atoms with Gasteiger partial charge in [0.15, 0.2) is 0 Å². The van der Waals surface area contributed by atoms with E-state index < -0.39 is 11.4 Å². The Bertz CT molecular complexity index is 782. The number of amides is 1. The van der Waals surface area contributed by atoms with Crippen molar-refractivity contribution in [2.45, 2.75) is 38.5 Å². The summed E-state index contributed by atoms with van der Waals surface area (Å²) in [5.74, 6) is -1.000. The van der Waals surface area contributed by atoms with Gasteiger partial charge in [-0.3, -0.25) is 9.59 Å².